The summed E-state index contributed by atoms with van der Waals surface area (Å²) in [5, 5.41) is 5.97. The maximum atomic E-state index is 12.3. The smallest absolute Gasteiger partial charge is 0.337 e. The maximum Gasteiger partial charge on any atom is 0.337 e. The fourth-order valence-electron chi connectivity index (χ4n) is 2.36. The Morgan fingerprint density at radius 2 is 1.54 bits per heavy atom. The first-order chi connectivity index (χ1) is 13.4. The average molecular weight is 407 g/mol. The highest BCUT2D eigenvalue weighted by Gasteiger charge is 2.15. The number of methoxy groups -OCH3 is 3. The van der Waals surface area contributed by atoms with Gasteiger partial charge < -0.3 is 24.8 Å². The molecule has 28 heavy (non-hydrogen) atoms. The third kappa shape index (κ3) is 5.37. The summed E-state index contributed by atoms with van der Waals surface area (Å²) in [6.07, 6.45) is 0. The van der Waals surface area contributed by atoms with Crippen LogP contribution in [0, 0.1) is 0 Å². The molecule has 0 heterocycles. The number of hydrogen-bond acceptors (Lipinski definition) is 7. The first-order valence-corrected chi connectivity index (χ1v) is 8.44. The van der Waals surface area contributed by atoms with Crippen LogP contribution in [-0.2, 0) is 14.3 Å². The Hall–Kier alpha value is -3.26. The molecule has 0 aromatic heterocycles. The number of carbonyl (C=O) groups is 3. The summed E-state index contributed by atoms with van der Waals surface area (Å²) in [6, 6.07) is 9.11. The van der Waals surface area contributed by atoms with Crippen molar-refractivity contribution < 1.29 is 28.6 Å². The summed E-state index contributed by atoms with van der Waals surface area (Å²) < 4.78 is 14.5. The molecule has 0 atom stereocenters. The van der Waals surface area contributed by atoms with Crippen LogP contribution in [0.15, 0.2) is 36.4 Å². The van der Waals surface area contributed by atoms with Gasteiger partial charge in [0, 0.05) is 10.7 Å². The van der Waals surface area contributed by atoms with E-state index in [4.69, 9.17) is 16.3 Å². The van der Waals surface area contributed by atoms with Gasteiger partial charge in [0.05, 0.1) is 44.7 Å². The maximum absolute atomic E-state index is 12.3. The van der Waals surface area contributed by atoms with Gasteiger partial charge in [0.15, 0.2) is 0 Å². The van der Waals surface area contributed by atoms with Crippen LogP contribution in [0.5, 0.6) is 5.75 Å². The molecule has 1 amide bonds. The summed E-state index contributed by atoms with van der Waals surface area (Å²) in [5.41, 5.74) is 1.08. The molecular formula is C19H19ClN2O6. The topological polar surface area (TPSA) is 103 Å². The van der Waals surface area contributed by atoms with Gasteiger partial charge in [-0.2, -0.15) is 0 Å². The molecule has 0 aliphatic heterocycles. The average Bonchev–Trinajstić information content (AvgIpc) is 2.71. The van der Waals surface area contributed by atoms with Crippen molar-refractivity contribution in [3.05, 3.63) is 52.5 Å². The van der Waals surface area contributed by atoms with E-state index in [2.05, 4.69) is 20.1 Å². The lowest BCUT2D eigenvalue weighted by Crippen LogP contribution is -2.22. The van der Waals surface area contributed by atoms with Gasteiger partial charge in [0.25, 0.3) is 0 Å². The van der Waals surface area contributed by atoms with E-state index in [0.29, 0.717) is 22.1 Å². The van der Waals surface area contributed by atoms with E-state index < -0.39 is 11.9 Å². The number of carbonyl (C=O) groups excluding carboxylic acids is 3. The van der Waals surface area contributed by atoms with Crippen LogP contribution in [0.1, 0.15) is 20.7 Å². The van der Waals surface area contributed by atoms with Crippen LogP contribution >= 0.6 is 11.6 Å². The largest absolute Gasteiger partial charge is 0.495 e. The molecule has 0 spiro atoms. The molecule has 2 N–H and O–H groups in total. The highest BCUT2D eigenvalue weighted by molar-refractivity contribution is 6.31. The van der Waals surface area contributed by atoms with E-state index in [1.165, 1.54) is 39.5 Å². The van der Waals surface area contributed by atoms with Gasteiger partial charge in [0.2, 0.25) is 5.91 Å². The summed E-state index contributed by atoms with van der Waals surface area (Å²) in [6.45, 7) is -0.138. The van der Waals surface area contributed by atoms with E-state index in [-0.39, 0.29) is 23.6 Å². The van der Waals surface area contributed by atoms with Gasteiger partial charge in [-0.3, -0.25) is 4.79 Å². The minimum Gasteiger partial charge on any atom is -0.495 e. The van der Waals surface area contributed by atoms with E-state index in [9.17, 15) is 14.4 Å². The summed E-state index contributed by atoms with van der Waals surface area (Å²) >= 11 is 5.94. The van der Waals surface area contributed by atoms with Crippen molar-refractivity contribution in [2.24, 2.45) is 0 Å². The quantitative estimate of drug-likeness (QED) is 0.681. The molecule has 0 saturated carbocycles. The van der Waals surface area contributed by atoms with Crippen LogP contribution in [0.25, 0.3) is 0 Å². The Labute approximate surface area is 166 Å². The summed E-state index contributed by atoms with van der Waals surface area (Å²) in [5.74, 6) is -1.18. The molecule has 148 valence electrons. The first kappa shape index (κ1) is 21.0. The fraction of sp³-hybridized carbons (Fsp3) is 0.211. The van der Waals surface area contributed by atoms with E-state index >= 15 is 0 Å². The van der Waals surface area contributed by atoms with Crippen molar-refractivity contribution in [3.63, 3.8) is 0 Å². The molecule has 0 saturated heterocycles. The van der Waals surface area contributed by atoms with Gasteiger partial charge in [-0.25, -0.2) is 9.59 Å². The fourth-order valence-corrected chi connectivity index (χ4v) is 2.53. The second-order valence-corrected chi connectivity index (χ2v) is 5.96. The van der Waals surface area contributed by atoms with Crippen LogP contribution < -0.4 is 15.4 Å². The molecular weight excluding hydrogens is 388 g/mol. The molecule has 0 aliphatic carbocycles. The Morgan fingerprint density at radius 1 is 0.929 bits per heavy atom. The number of hydrogen-bond donors (Lipinski definition) is 2. The third-order valence-corrected chi connectivity index (χ3v) is 3.90. The predicted octanol–water partition coefficient (Wildman–Crippen LogP) is 2.97. The van der Waals surface area contributed by atoms with Gasteiger partial charge >= 0.3 is 11.9 Å². The van der Waals surface area contributed by atoms with Crippen LogP contribution in [-0.4, -0.2) is 45.7 Å². The van der Waals surface area contributed by atoms with Crippen molar-refractivity contribution in [2.75, 3.05) is 38.5 Å². The van der Waals surface area contributed by atoms with Crippen molar-refractivity contribution in [1.29, 1.82) is 0 Å². The summed E-state index contributed by atoms with van der Waals surface area (Å²) in [7, 11) is 3.93. The zero-order valence-electron chi connectivity index (χ0n) is 15.5. The number of esters is 2. The lowest BCUT2D eigenvalue weighted by atomic mass is 10.1. The minimum atomic E-state index is -0.623. The molecule has 0 fully saturated rings. The molecule has 2 rings (SSSR count). The zero-order valence-corrected chi connectivity index (χ0v) is 16.3. The molecule has 9 heteroatoms. The zero-order chi connectivity index (χ0) is 20.7. The normalized spacial score (nSPS) is 10.0. The number of rotatable bonds is 7. The Balaban J connectivity index is 2.15. The van der Waals surface area contributed by atoms with Gasteiger partial charge in [0.1, 0.15) is 5.75 Å². The van der Waals surface area contributed by atoms with E-state index in [0.717, 1.165) is 0 Å². The van der Waals surface area contributed by atoms with Gasteiger partial charge in [-0.05, 0) is 36.4 Å². The Kier molecular flexibility index (Phi) is 7.22. The number of benzene rings is 2. The molecule has 0 aliphatic rings. The molecule has 0 bridgehead atoms. The second kappa shape index (κ2) is 9.61. The number of amides is 1. The van der Waals surface area contributed by atoms with Crippen molar-refractivity contribution in [1.82, 2.24) is 0 Å². The van der Waals surface area contributed by atoms with Crippen LogP contribution in [0.2, 0.25) is 5.02 Å². The second-order valence-electron chi connectivity index (χ2n) is 5.53. The van der Waals surface area contributed by atoms with Gasteiger partial charge in [-0.15, -0.1) is 0 Å². The SMILES string of the molecule is COC(=O)c1cc(NCC(=O)Nc2cc(Cl)ccc2OC)cc(C(=O)OC)c1. The highest BCUT2D eigenvalue weighted by Crippen LogP contribution is 2.27. The lowest BCUT2D eigenvalue weighted by molar-refractivity contribution is -0.114. The van der Waals surface area contributed by atoms with Crippen LogP contribution in [0.3, 0.4) is 0 Å². The number of anilines is 2. The van der Waals surface area contributed by atoms with E-state index in [1.54, 1.807) is 18.2 Å². The van der Waals surface area contributed by atoms with Gasteiger partial charge in [-0.1, -0.05) is 11.6 Å². The lowest BCUT2D eigenvalue weighted by Gasteiger charge is -2.12. The van der Waals surface area contributed by atoms with Crippen molar-refractivity contribution in [3.8, 4) is 5.75 Å². The Morgan fingerprint density at radius 3 is 2.07 bits per heavy atom. The molecule has 2 aromatic carbocycles. The van der Waals surface area contributed by atoms with Crippen molar-refractivity contribution in [2.45, 2.75) is 0 Å². The van der Waals surface area contributed by atoms with E-state index in [1.807, 2.05) is 0 Å². The number of ether oxygens (including phenoxy) is 3. The highest BCUT2D eigenvalue weighted by atomic mass is 35.5. The first-order valence-electron chi connectivity index (χ1n) is 8.07. The van der Waals surface area contributed by atoms with Crippen molar-refractivity contribution >= 4 is 40.8 Å². The standard InChI is InChI=1S/C19H19ClN2O6/c1-26-16-5-4-13(20)9-15(16)22-17(23)10-21-14-7-11(18(24)27-2)6-12(8-14)19(25)28-3/h4-9,21H,10H2,1-3H3,(H,22,23). The number of halogens is 1. The molecule has 0 radical (unpaired) electrons. The predicted molar refractivity (Wildman–Crippen MR) is 104 cm³/mol. The third-order valence-electron chi connectivity index (χ3n) is 3.66. The Bertz CT molecular complexity index is 866. The van der Waals surface area contributed by atoms with Crippen LogP contribution in [0.4, 0.5) is 11.4 Å². The number of nitrogens with one attached hydrogen (secondary N) is 2. The minimum absolute atomic E-state index is 0.138. The molecule has 2 aromatic rings. The molecule has 0 unspecified atom stereocenters. The monoisotopic (exact) mass is 406 g/mol. The molecule has 8 nitrogen and oxygen atoms in total. The summed E-state index contributed by atoms with van der Waals surface area (Å²) in [4.78, 5) is 35.9.